The molecule has 4 aromatic rings. The number of methoxy groups -OCH3 is 1. The SMILES string of the molecule is COC(=O)C[C@@H](c1ccc2nccnc2c1)c1c(O)cc(C)n(CCc2ccc(O)c(O)c2)c1=O. The van der Waals surface area contributed by atoms with Crippen LogP contribution in [0.3, 0.4) is 0 Å². The molecule has 0 aliphatic rings. The van der Waals surface area contributed by atoms with Crippen LogP contribution in [0.5, 0.6) is 17.2 Å². The molecule has 0 spiro atoms. The third-order valence-corrected chi connectivity index (χ3v) is 6.03. The standard InChI is InChI=1S/C26H25N3O6/c1-15-11-23(32)25(26(34)29(15)10-7-16-3-6-21(30)22(31)12-16)18(14-24(33)35-2)17-4-5-19-20(13-17)28-9-8-27-19/h3-6,8-9,11-13,18,30-32H,7,10,14H2,1-2H3/t18-/m0/s1. The number of aromatic hydroxyl groups is 3. The Morgan fingerprint density at radius 2 is 1.71 bits per heavy atom. The van der Waals surface area contributed by atoms with Gasteiger partial charge in [0.25, 0.3) is 5.56 Å². The van der Waals surface area contributed by atoms with E-state index in [1.807, 2.05) is 0 Å². The summed E-state index contributed by atoms with van der Waals surface area (Å²) in [6.45, 7) is 1.97. The Labute approximate surface area is 200 Å². The van der Waals surface area contributed by atoms with Crippen molar-refractivity contribution < 1.29 is 24.9 Å². The fraction of sp³-hybridized carbons (Fsp3) is 0.231. The number of rotatable bonds is 7. The lowest BCUT2D eigenvalue weighted by molar-refractivity contribution is -0.140. The van der Waals surface area contributed by atoms with Crippen molar-refractivity contribution >= 4 is 17.0 Å². The summed E-state index contributed by atoms with van der Waals surface area (Å²) in [6.07, 6.45) is 3.37. The number of hydrogen-bond acceptors (Lipinski definition) is 8. The number of hydrogen-bond donors (Lipinski definition) is 3. The van der Waals surface area contributed by atoms with Gasteiger partial charge in [-0.15, -0.1) is 0 Å². The van der Waals surface area contributed by atoms with E-state index in [1.165, 1.54) is 29.9 Å². The molecule has 0 radical (unpaired) electrons. The highest BCUT2D eigenvalue weighted by molar-refractivity contribution is 5.76. The van der Waals surface area contributed by atoms with Crippen molar-refractivity contribution in [3.8, 4) is 17.2 Å². The molecule has 180 valence electrons. The summed E-state index contributed by atoms with van der Waals surface area (Å²) in [5.74, 6) is -1.97. The van der Waals surface area contributed by atoms with Gasteiger partial charge < -0.3 is 24.6 Å². The van der Waals surface area contributed by atoms with Crippen molar-refractivity contribution in [2.75, 3.05) is 7.11 Å². The molecule has 0 fully saturated rings. The highest BCUT2D eigenvalue weighted by Gasteiger charge is 2.27. The minimum Gasteiger partial charge on any atom is -0.507 e. The van der Waals surface area contributed by atoms with Crippen molar-refractivity contribution in [1.29, 1.82) is 0 Å². The molecule has 0 bridgehead atoms. The van der Waals surface area contributed by atoms with E-state index < -0.39 is 17.4 Å². The van der Waals surface area contributed by atoms with Gasteiger partial charge in [-0.3, -0.25) is 19.6 Å². The second-order valence-corrected chi connectivity index (χ2v) is 8.25. The van der Waals surface area contributed by atoms with E-state index in [4.69, 9.17) is 4.74 Å². The van der Waals surface area contributed by atoms with E-state index in [2.05, 4.69) is 9.97 Å². The normalized spacial score (nSPS) is 11.9. The first-order valence-corrected chi connectivity index (χ1v) is 11.0. The largest absolute Gasteiger partial charge is 0.507 e. The third-order valence-electron chi connectivity index (χ3n) is 6.03. The first-order chi connectivity index (χ1) is 16.8. The number of esters is 1. The van der Waals surface area contributed by atoms with Gasteiger partial charge in [-0.1, -0.05) is 12.1 Å². The maximum Gasteiger partial charge on any atom is 0.306 e. The molecule has 0 saturated carbocycles. The minimum absolute atomic E-state index is 0.0813. The maximum atomic E-state index is 13.6. The third kappa shape index (κ3) is 4.93. The number of ether oxygens (including phenoxy) is 1. The molecule has 0 aliphatic heterocycles. The van der Waals surface area contributed by atoms with E-state index in [-0.39, 0.29) is 35.8 Å². The molecule has 2 aromatic heterocycles. The van der Waals surface area contributed by atoms with Gasteiger partial charge in [-0.25, -0.2) is 0 Å². The Hall–Kier alpha value is -4.40. The molecule has 4 rings (SSSR count). The van der Waals surface area contributed by atoms with Crippen LogP contribution in [0.1, 0.15) is 34.7 Å². The van der Waals surface area contributed by atoms with Gasteiger partial charge in [0.05, 0.1) is 30.1 Å². The first kappa shape index (κ1) is 23.7. The average Bonchev–Trinajstić information content (AvgIpc) is 2.84. The lowest BCUT2D eigenvalue weighted by Crippen LogP contribution is -2.29. The molecular weight excluding hydrogens is 450 g/mol. The molecule has 9 heteroatoms. The highest BCUT2D eigenvalue weighted by atomic mass is 16.5. The first-order valence-electron chi connectivity index (χ1n) is 11.0. The smallest absolute Gasteiger partial charge is 0.306 e. The second-order valence-electron chi connectivity index (χ2n) is 8.25. The number of phenolic OH excluding ortho intramolecular Hbond substituents is 2. The second kappa shape index (κ2) is 9.84. The number of fused-ring (bicyclic) bond motifs is 1. The molecule has 2 heterocycles. The zero-order valence-electron chi connectivity index (χ0n) is 19.3. The Balaban J connectivity index is 1.78. The Morgan fingerprint density at radius 3 is 2.43 bits per heavy atom. The van der Waals surface area contributed by atoms with E-state index in [0.717, 1.165) is 5.56 Å². The minimum atomic E-state index is -0.772. The summed E-state index contributed by atoms with van der Waals surface area (Å²) in [7, 11) is 1.27. The molecule has 35 heavy (non-hydrogen) atoms. The number of carbonyl (C=O) groups is 1. The van der Waals surface area contributed by atoms with Crippen LogP contribution in [0.4, 0.5) is 0 Å². The van der Waals surface area contributed by atoms with Crippen molar-refractivity contribution in [3.63, 3.8) is 0 Å². The van der Waals surface area contributed by atoms with Crippen LogP contribution in [0, 0.1) is 6.92 Å². The molecule has 0 saturated heterocycles. The number of nitrogens with zero attached hydrogens (tertiary/aromatic N) is 3. The fourth-order valence-corrected chi connectivity index (χ4v) is 4.17. The quantitative estimate of drug-likeness (QED) is 0.274. The maximum absolute atomic E-state index is 13.6. The number of carbonyl (C=O) groups excluding carboxylic acids is 1. The summed E-state index contributed by atoms with van der Waals surface area (Å²) in [6, 6.07) is 11.2. The number of pyridine rings is 1. The van der Waals surface area contributed by atoms with E-state index >= 15 is 0 Å². The summed E-state index contributed by atoms with van der Waals surface area (Å²) >= 11 is 0. The van der Waals surface area contributed by atoms with Gasteiger partial charge in [0.2, 0.25) is 0 Å². The molecular formula is C26H25N3O6. The van der Waals surface area contributed by atoms with Crippen LogP contribution in [-0.4, -0.2) is 42.9 Å². The van der Waals surface area contributed by atoms with Crippen LogP contribution >= 0.6 is 0 Å². The topological polar surface area (TPSA) is 135 Å². The van der Waals surface area contributed by atoms with Crippen molar-refractivity contribution in [2.45, 2.75) is 32.2 Å². The molecule has 2 aromatic carbocycles. The molecule has 0 unspecified atom stereocenters. The Bertz CT molecular complexity index is 1460. The monoisotopic (exact) mass is 475 g/mol. The zero-order valence-corrected chi connectivity index (χ0v) is 19.3. The van der Waals surface area contributed by atoms with Gasteiger partial charge in [0.1, 0.15) is 5.75 Å². The molecule has 9 nitrogen and oxygen atoms in total. The van der Waals surface area contributed by atoms with Crippen LogP contribution in [0.2, 0.25) is 0 Å². The van der Waals surface area contributed by atoms with Crippen molar-refractivity contribution in [1.82, 2.24) is 14.5 Å². The van der Waals surface area contributed by atoms with E-state index in [0.29, 0.717) is 28.7 Å². The summed E-state index contributed by atoms with van der Waals surface area (Å²) in [5.41, 5.74) is 2.79. The average molecular weight is 476 g/mol. The van der Waals surface area contributed by atoms with Crippen molar-refractivity contribution in [2.24, 2.45) is 0 Å². The van der Waals surface area contributed by atoms with Crippen LogP contribution < -0.4 is 5.56 Å². The summed E-state index contributed by atoms with van der Waals surface area (Å²) in [5, 5.41) is 30.1. The van der Waals surface area contributed by atoms with E-state index in [1.54, 1.807) is 43.6 Å². The lowest BCUT2D eigenvalue weighted by Gasteiger charge is -2.21. The zero-order chi connectivity index (χ0) is 25.1. The van der Waals surface area contributed by atoms with Gasteiger partial charge in [-0.2, -0.15) is 0 Å². The van der Waals surface area contributed by atoms with Crippen LogP contribution in [-0.2, 0) is 22.5 Å². The Kier molecular flexibility index (Phi) is 6.68. The van der Waals surface area contributed by atoms with Gasteiger partial charge in [-0.05, 0) is 54.8 Å². The van der Waals surface area contributed by atoms with Crippen molar-refractivity contribution in [3.05, 3.63) is 87.6 Å². The summed E-state index contributed by atoms with van der Waals surface area (Å²) in [4.78, 5) is 34.5. The molecule has 0 aliphatic carbocycles. The van der Waals surface area contributed by atoms with Crippen LogP contribution in [0.15, 0.2) is 59.7 Å². The lowest BCUT2D eigenvalue weighted by atomic mass is 9.88. The summed E-state index contributed by atoms with van der Waals surface area (Å²) < 4.78 is 6.39. The van der Waals surface area contributed by atoms with E-state index in [9.17, 15) is 24.9 Å². The predicted molar refractivity (Wildman–Crippen MR) is 129 cm³/mol. The fourth-order valence-electron chi connectivity index (χ4n) is 4.17. The van der Waals surface area contributed by atoms with Gasteiger partial charge in [0, 0.05) is 30.6 Å². The molecule has 3 N–H and O–H groups in total. The molecule has 0 amide bonds. The number of aromatic nitrogens is 3. The predicted octanol–water partition coefficient (Wildman–Crippen LogP) is 3.15. The number of benzene rings is 2. The van der Waals surface area contributed by atoms with Gasteiger partial charge >= 0.3 is 5.97 Å². The highest BCUT2D eigenvalue weighted by Crippen LogP contribution is 2.33. The number of phenols is 2. The Morgan fingerprint density at radius 1 is 0.971 bits per heavy atom. The molecule has 1 atom stereocenters. The van der Waals surface area contributed by atoms with Gasteiger partial charge in [0.15, 0.2) is 11.5 Å². The van der Waals surface area contributed by atoms with Crippen LogP contribution in [0.25, 0.3) is 11.0 Å². The number of aryl methyl sites for hydroxylation is 2.